The molecule has 9 nitrogen and oxygen atoms in total. The van der Waals surface area contributed by atoms with Crippen LogP contribution in [0.25, 0.3) is 5.69 Å². The monoisotopic (exact) mass is 442 g/mol. The van der Waals surface area contributed by atoms with Crippen LogP contribution in [0.2, 0.25) is 0 Å². The molecule has 0 bridgehead atoms. The summed E-state index contributed by atoms with van der Waals surface area (Å²) < 4.78 is 2.46. The molecule has 166 valence electrons. The number of amides is 1. The molecule has 0 spiro atoms. The van der Waals surface area contributed by atoms with Crippen LogP contribution in [-0.4, -0.2) is 21.3 Å². The Labute approximate surface area is 189 Å². The van der Waals surface area contributed by atoms with Crippen molar-refractivity contribution >= 4 is 17.8 Å². The molecule has 1 aromatic heterocycles. The van der Waals surface area contributed by atoms with Crippen LogP contribution < -0.4 is 22.0 Å². The molecule has 1 amide bonds. The molecule has 33 heavy (non-hydrogen) atoms. The van der Waals surface area contributed by atoms with E-state index in [-0.39, 0.29) is 5.56 Å². The maximum absolute atomic E-state index is 13.4. The largest absolute Gasteiger partial charge is 0.366 e. The quantitative estimate of drug-likeness (QED) is 0.661. The fourth-order valence-corrected chi connectivity index (χ4v) is 4.29. The van der Waals surface area contributed by atoms with Crippen LogP contribution in [0.15, 0.2) is 63.2 Å². The highest BCUT2D eigenvalue weighted by Gasteiger charge is 2.42. The summed E-state index contributed by atoms with van der Waals surface area (Å²) in [6.45, 7) is 3.59. The second-order valence-corrected chi connectivity index (χ2v) is 8.10. The number of aromatic nitrogens is 2. The van der Waals surface area contributed by atoms with Crippen LogP contribution in [0.3, 0.4) is 0 Å². The summed E-state index contributed by atoms with van der Waals surface area (Å²) in [5.41, 5.74) is 6.32. The zero-order chi connectivity index (χ0) is 23.9. The molecule has 0 fully saturated rings. The first-order chi connectivity index (χ1) is 15.7. The van der Waals surface area contributed by atoms with Crippen molar-refractivity contribution in [3.8, 4) is 11.8 Å². The van der Waals surface area contributed by atoms with E-state index in [4.69, 9.17) is 11.0 Å². The van der Waals surface area contributed by atoms with E-state index in [9.17, 15) is 14.4 Å². The van der Waals surface area contributed by atoms with Gasteiger partial charge in [0.1, 0.15) is 0 Å². The third-order valence-electron chi connectivity index (χ3n) is 6.02. The van der Waals surface area contributed by atoms with Gasteiger partial charge in [-0.05, 0) is 56.3 Å². The van der Waals surface area contributed by atoms with E-state index in [0.29, 0.717) is 34.6 Å². The zero-order valence-electron chi connectivity index (χ0n) is 18.4. The molecule has 1 aliphatic heterocycles. The topological polar surface area (TPSA) is 126 Å². The van der Waals surface area contributed by atoms with E-state index in [1.54, 1.807) is 60.6 Å². The van der Waals surface area contributed by atoms with Gasteiger partial charge < -0.3 is 5.73 Å². The summed E-state index contributed by atoms with van der Waals surface area (Å²) in [5, 5.41) is 15.3. The van der Waals surface area contributed by atoms with Gasteiger partial charge in [-0.25, -0.2) is 4.79 Å². The number of hydrogen-bond acceptors (Lipinski definition) is 6. The van der Waals surface area contributed by atoms with Crippen LogP contribution in [-0.2, 0) is 12.6 Å². The Morgan fingerprint density at radius 3 is 2.48 bits per heavy atom. The van der Waals surface area contributed by atoms with Gasteiger partial charge in [-0.15, -0.1) is 0 Å². The second-order valence-electron chi connectivity index (χ2n) is 8.10. The Morgan fingerprint density at radius 1 is 1.15 bits per heavy atom. The first-order valence-corrected chi connectivity index (χ1v) is 10.2. The summed E-state index contributed by atoms with van der Waals surface area (Å²) in [6.07, 6.45) is 2.16. The van der Waals surface area contributed by atoms with Gasteiger partial charge in [0.25, 0.3) is 5.56 Å². The fraction of sp³-hybridized carbons (Fsp3) is 0.208. The number of anilines is 1. The van der Waals surface area contributed by atoms with Crippen molar-refractivity contribution in [2.24, 2.45) is 17.9 Å². The Hall–Kier alpha value is -4.45. The fourth-order valence-electron chi connectivity index (χ4n) is 4.29. The minimum atomic E-state index is -0.885. The van der Waals surface area contributed by atoms with E-state index >= 15 is 0 Å². The highest BCUT2D eigenvalue weighted by Crippen LogP contribution is 2.39. The molecule has 0 aliphatic carbocycles. The highest BCUT2D eigenvalue weighted by atomic mass is 16.2. The van der Waals surface area contributed by atoms with E-state index in [0.717, 1.165) is 4.57 Å². The second kappa shape index (κ2) is 7.91. The number of benzene rings is 2. The van der Waals surface area contributed by atoms with E-state index in [1.165, 1.54) is 17.7 Å². The van der Waals surface area contributed by atoms with Crippen LogP contribution in [0.5, 0.6) is 0 Å². The first kappa shape index (κ1) is 21.8. The lowest BCUT2D eigenvalue weighted by Crippen LogP contribution is -2.49. The first-order valence-electron chi connectivity index (χ1n) is 10.2. The van der Waals surface area contributed by atoms with Gasteiger partial charge in [0.05, 0.1) is 34.1 Å². The summed E-state index contributed by atoms with van der Waals surface area (Å²) in [5.74, 6) is -0.615. The summed E-state index contributed by atoms with van der Waals surface area (Å²) in [7, 11) is 1.42. The van der Waals surface area contributed by atoms with E-state index < -0.39 is 22.7 Å². The molecule has 2 heterocycles. The molecule has 2 aromatic carbocycles. The lowest BCUT2D eigenvalue weighted by Gasteiger charge is -2.36. The number of primary amides is 1. The van der Waals surface area contributed by atoms with Gasteiger partial charge in [0, 0.05) is 30.9 Å². The SMILES string of the molecule is Cc1c(C2(C)CC=NN2c2ccc(C#N)cc2)c(=O)n(C)c(=O)n1-c1cccc(C(N)=O)c1. The standard InChI is InChI=1S/C24H22N6O3/c1-15-20(24(2)11-12-27-30(24)18-9-7-16(14-25)8-10-18)22(32)28(3)23(33)29(15)19-6-4-5-17(13-19)21(26)31/h4-10,12-13H,11H2,1-3H3,(H2,26,31). The summed E-state index contributed by atoms with van der Waals surface area (Å²) in [4.78, 5) is 38.2. The van der Waals surface area contributed by atoms with Crippen LogP contribution >= 0.6 is 0 Å². The average molecular weight is 442 g/mol. The van der Waals surface area contributed by atoms with Crippen molar-refractivity contribution < 1.29 is 4.79 Å². The predicted molar refractivity (Wildman–Crippen MR) is 125 cm³/mol. The molecule has 2 N–H and O–H groups in total. The van der Waals surface area contributed by atoms with Crippen LogP contribution in [0.4, 0.5) is 5.69 Å². The molecule has 0 radical (unpaired) electrons. The number of nitrogens with zero attached hydrogens (tertiary/aromatic N) is 5. The lowest BCUT2D eigenvalue weighted by atomic mass is 9.88. The van der Waals surface area contributed by atoms with Gasteiger partial charge in [0.15, 0.2) is 0 Å². The van der Waals surface area contributed by atoms with E-state index in [2.05, 4.69) is 11.2 Å². The predicted octanol–water partition coefficient (Wildman–Crippen LogP) is 1.93. The van der Waals surface area contributed by atoms with Crippen molar-refractivity contribution in [2.45, 2.75) is 25.8 Å². The molecular formula is C24H22N6O3. The number of hydrazone groups is 1. The van der Waals surface area contributed by atoms with Crippen molar-refractivity contribution in [1.82, 2.24) is 9.13 Å². The maximum atomic E-state index is 13.4. The van der Waals surface area contributed by atoms with Crippen molar-refractivity contribution in [3.63, 3.8) is 0 Å². The third-order valence-corrected chi connectivity index (χ3v) is 6.02. The lowest BCUT2D eigenvalue weighted by molar-refractivity contribution is 0.1000. The molecule has 1 aliphatic rings. The van der Waals surface area contributed by atoms with Gasteiger partial charge in [-0.2, -0.15) is 10.4 Å². The Bertz CT molecular complexity index is 1460. The maximum Gasteiger partial charge on any atom is 0.335 e. The number of carbonyl (C=O) groups excluding carboxylic acids is 1. The van der Waals surface area contributed by atoms with Gasteiger partial charge >= 0.3 is 5.69 Å². The molecule has 0 saturated carbocycles. The van der Waals surface area contributed by atoms with E-state index in [1.807, 2.05) is 6.92 Å². The summed E-state index contributed by atoms with van der Waals surface area (Å²) in [6, 6.07) is 15.4. The van der Waals surface area contributed by atoms with Crippen LogP contribution in [0.1, 0.15) is 40.5 Å². The molecule has 1 unspecified atom stereocenters. The number of nitriles is 1. The third kappa shape index (κ3) is 3.42. The zero-order valence-corrected chi connectivity index (χ0v) is 18.4. The van der Waals surface area contributed by atoms with Gasteiger partial charge in [-0.1, -0.05) is 6.07 Å². The molecule has 3 aromatic rings. The normalized spacial score (nSPS) is 17.2. The number of hydrogen-bond donors (Lipinski definition) is 1. The van der Waals surface area contributed by atoms with Gasteiger partial charge in [-0.3, -0.25) is 23.7 Å². The minimum absolute atomic E-state index is 0.254. The number of carbonyl (C=O) groups is 1. The molecule has 1 atom stereocenters. The van der Waals surface area contributed by atoms with Gasteiger partial charge in [0.2, 0.25) is 5.91 Å². The Kier molecular flexibility index (Phi) is 5.22. The van der Waals surface area contributed by atoms with Crippen molar-refractivity contribution in [2.75, 3.05) is 5.01 Å². The smallest absolute Gasteiger partial charge is 0.335 e. The van der Waals surface area contributed by atoms with Crippen LogP contribution in [0, 0.1) is 18.3 Å². The highest BCUT2D eigenvalue weighted by molar-refractivity contribution is 5.93. The van der Waals surface area contributed by atoms with Crippen molar-refractivity contribution in [1.29, 1.82) is 5.26 Å². The molecule has 9 heteroatoms. The number of nitrogens with two attached hydrogens (primary N) is 1. The number of rotatable bonds is 4. The molecule has 0 saturated heterocycles. The Morgan fingerprint density at radius 2 is 1.85 bits per heavy atom. The summed E-state index contributed by atoms with van der Waals surface area (Å²) >= 11 is 0. The molecule has 4 rings (SSSR count). The Balaban J connectivity index is 1.95. The van der Waals surface area contributed by atoms with Crippen molar-refractivity contribution in [3.05, 3.63) is 91.8 Å². The minimum Gasteiger partial charge on any atom is -0.366 e. The average Bonchev–Trinajstić information content (AvgIpc) is 3.20. The molecular weight excluding hydrogens is 420 g/mol.